The zero-order chi connectivity index (χ0) is 31.0. The van der Waals surface area contributed by atoms with Crippen molar-refractivity contribution in [1.82, 2.24) is 20.4 Å². The van der Waals surface area contributed by atoms with Crippen LogP contribution in [0.25, 0.3) is 10.8 Å². The van der Waals surface area contributed by atoms with E-state index in [9.17, 15) is 14.0 Å². The van der Waals surface area contributed by atoms with Crippen LogP contribution in [0.3, 0.4) is 0 Å². The lowest BCUT2D eigenvalue weighted by Crippen LogP contribution is -2.50. The molecule has 4 aromatic carbocycles. The van der Waals surface area contributed by atoms with Gasteiger partial charge in [-0.05, 0) is 84.9 Å². The van der Waals surface area contributed by atoms with Gasteiger partial charge >= 0.3 is 0 Å². The van der Waals surface area contributed by atoms with Crippen LogP contribution in [0, 0.1) is 5.82 Å². The van der Waals surface area contributed by atoms with Crippen molar-refractivity contribution in [2.45, 2.75) is 50.1 Å². The molecule has 0 bridgehead atoms. The molecule has 2 fully saturated rings. The number of fused-ring (bicyclic) bond motifs is 1. The minimum absolute atomic E-state index is 0.0456. The molecule has 4 aromatic rings. The van der Waals surface area contributed by atoms with Crippen LogP contribution in [0.5, 0.6) is 0 Å². The Morgan fingerprint density at radius 2 is 1.51 bits per heavy atom. The third kappa shape index (κ3) is 7.96. The molecule has 2 amide bonds. The quantitative estimate of drug-likeness (QED) is 0.233. The number of benzene rings is 4. The molecule has 0 spiro atoms. The zero-order valence-corrected chi connectivity index (χ0v) is 25.8. The van der Waals surface area contributed by atoms with E-state index in [1.54, 1.807) is 24.3 Å². The van der Waals surface area contributed by atoms with Crippen molar-refractivity contribution in [3.8, 4) is 0 Å². The fourth-order valence-electron chi connectivity index (χ4n) is 6.80. The summed E-state index contributed by atoms with van der Waals surface area (Å²) in [6.45, 7) is 4.70. The third-order valence-corrected chi connectivity index (χ3v) is 9.36. The van der Waals surface area contributed by atoms with Gasteiger partial charge in [-0.15, -0.1) is 0 Å². The van der Waals surface area contributed by atoms with Gasteiger partial charge < -0.3 is 20.4 Å². The molecule has 0 aliphatic carbocycles. The second-order valence-corrected chi connectivity index (χ2v) is 12.5. The highest BCUT2D eigenvalue weighted by Gasteiger charge is 2.33. The van der Waals surface area contributed by atoms with Crippen LogP contribution in [0.4, 0.5) is 4.39 Å². The highest BCUT2D eigenvalue weighted by molar-refractivity contribution is 5.98. The van der Waals surface area contributed by atoms with Gasteiger partial charge in [-0.25, -0.2) is 4.39 Å². The molecule has 0 saturated carbocycles. The molecule has 0 unspecified atom stereocenters. The number of hydrogen-bond donors (Lipinski definition) is 2. The number of amides is 2. The van der Waals surface area contributed by atoms with Crippen molar-refractivity contribution in [3.63, 3.8) is 0 Å². The normalized spacial score (nSPS) is 19.5. The van der Waals surface area contributed by atoms with Crippen LogP contribution in [0.1, 0.15) is 59.5 Å². The summed E-state index contributed by atoms with van der Waals surface area (Å²) < 4.78 is 13.6. The standard InChI is InChI=1S/C38H43FN4O2/c39-33-17-16-30-24-32(15-14-31(30)25-33)37(44)40-26-34-18-23-43(38(45)36(41-34)19-22-42-20-8-3-9-21-42)27-35(28-10-4-1-5-11-28)29-12-6-2-7-13-29/h1-2,4-7,10-17,24-25,34-36,41H,3,8-9,18-23,26-27H2,(H,40,44)/t34-,36-/m1/s1. The maximum Gasteiger partial charge on any atom is 0.251 e. The maximum absolute atomic E-state index is 14.2. The topological polar surface area (TPSA) is 64.7 Å². The van der Waals surface area contributed by atoms with E-state index in [0.717, 1.165) is 43.2 Å². The van der Waals surface area contributed by atoms with Gasteiger partial charge in [-0.1, -0.05) is 79.2 Å². The molecule has 6 nitrogen and oxygen atoms in total. The molecule has 2 N–H and O–H groups in total. The molecule has 7 heteroatoms. The second-order valence-electron chi connectivity index (χ2n) is 12.5. The summed E-state index contributed by atoms with van der Waals surface area (Å²) >= 11 is 0. The minimum Gasteiger partial charge on any atom is -0.350 e. The minimum atomic E-state index is -0.320. The lowest BCUT2D eigenvalue weighted by molar-refractivity contribution is -0.133. The van der Waals surface area contributed by atoms with E-state index in [-0.39, 0.29) is 35.6 Å². The number of rotatable bonds is 10. The lowest BCUT2D eigenvalue weighted by Gasteiger charge is -2.31. The summed E-state index contributed by atoms with van der Waals surface area (Å²) in [5, 5.41) is 8.34. The van der Waals surface area contributed by atoms with Crippen molar-refractivity contribution in [1.29, 1.82) is 0 Å². The first-order valence-electron chi connectivity index (χ1n) is 16.4. The number of nitrogens with one attached hydrogen (secondary N) is 2. The first-order valence-corrected chi connectivity index (χ1v) is 16.4. The fraction of sp³-hybridized carbons (Fsp3) is 0.368. The van der Waals surface area contributed by atoms with Crippen molar-refractivity contribution in [2.24, 2.45) is 0 Å². The average molecular weight is 607 g/mol. The molecule has 234 valence electrons. The van der Waals surface area contributed by atoms with Gasteiger partial charge in [0.2, 0.25) is 5.91 Å². The Bertz CT molecular complexity index is 1540. The molecule has 0 radical (unpaired) electrons. The summed E-state index contributed by atoms with van der Waals surface area (Å²) in [6.07, 6.45) is 5.18. The Labute approximate surface area is 265 Å². The maximum atomic E-state index is 14.2. The van der Waals surface area contributed by atoms with E-state index in [1.165, 1.54) is 42.5 Å². The number of nitrogens with zero attached hydrogens (tertiary/aromatic N) is 2. The van der Waals surface area contributed by atoms with Gasteiger partial charge in [0.05, 0.1) is 6.04 Å². The van der Waals surface area contributed by atoms with E-state index in [2.05, 4.69) is 64.1 Å². The van der Waals surface area contributed by atoms with E-state index >= 15 is 0 Å². The van der Waals surface area contributed by atoms with Crippen LogP contribution in [0.15, 0.2) is 97.1 Å². The van der Waals surface area contributed by atoms with Crippen LogP contribution in [-0.4, -0.2) is 73.0 Å². The highest BCUT2D eigenvalue weighted by atomic mass is 19.1. The average Bonchev–Trinajstić information content (AvgIpc) is 3.23. The van der Waals surface area contributed by atoms with Crippen molar-refractivity contribution < 1.29 is 14.0 Å². The molecule has 2 saturated heterocycles. The second kappa shape index (κ2) is 14.8. The lowest BCUT2D eigenvalue weighted by atomic mass is 9.90. The summed E-state index contributed by atoms with van der Waals surface area (Å²) in [5.41, 5.74) is 2.93. The molecule has 0 aromatic heterocycles. The molecular weight excluding hydrogens is 563 g/mol. The van der Waals surface area contributed by atoms with Crippen LogP contribution in [-0.2, 0) is 4.79 Å². The van der Waals surface area contributed by atoms with Gasteiger partial charge in [0.25, 0.3) is 5.91 Å². The van der Waals surface area contributed by atoms with Crippen molar-refractivity contribution in [2.75, 3.05) is 39.3 Å². The van der Waals surface area contributed by atoms with Gasteiger partial charge in [0.15, 0.2) is 0 Å². The Balaban J connectivity index is 1.17. The Morgan fingerprint density at radius 3 is 2.22 bits per heavy atom. The van der Waals surface area contributed by atoms with E-state index < -0.39 is 0 Å². The zero-order valence-electron chi connectivity index (χ0n) is 25.8. The van der Waals surface area contributed by atoms with Crippen molar-refractivity contribution >= 4 is 22.6 Å². The highest BCUT2D eigenvalue weighted by Crippen LogP contribution is 2.27. The van der Waals surface area contributed by atoms with Gasteiger partial charge in [-0.2, -0.15) is 0 Å². The fourth-order valence-corrected chi connectivity index (χ4v) is 6.80. The number of hydrogen-bond acceptors (Lipinski definition) is 4. The molecule has 6 rings (SSSR count). The van der Waals surface area contributed by atoms with Crippen LogP contribution in [0.2, 0.25) is 0 Å². The third-order valence-electron chi connectivity index (χ3n) is 9.36. The largest absolute Gasteiger partial charge is 0.350 e. The number of halogens is 1. The summed E-state index contributed by atoms with van der Waals surface area (Å²) in [4.78, 5) is 31.9. The monoisotopic (exact) mass is 606 g/mol. The van der Waals surface area contributed by atoms with Crippen LogP contribution < -0.4 is 10.6 Å². The molecular formula is C38H43FN4O2. The van der Waals surface area contributed by atoms with E-state index in [1.807, 2.05) is 17.0 Å². The number of carbonyl (C=O) groups excluding carboxylic acids is 2. The molecule has 2 heterocycles. The first-order chi connectivity index (χ1) is 22.0. The molecule has 2 atom stereocenters. The Kier molecular flexibility index (Phi) is 10.2. The predicted molar refractivity (Wildman–Crippen MR) is 178 cm³/mol. The van der Waals surface area contributed by atoms with Gasteiger partial charge in [0, 0.05) is 43.7 Å². The molecule has 2 aliphatic heterocycles. The summed E-state index contributed by atoms with van der Waals surface area (Å²) in [6, 6.07) is 30.4. The smallest absolute Gasteiger partial charge is 0.251 e. The first kappa shape index (κ1) is 30.9. The molecule has 2 aliphatic rings. The Hall–Kier alpha value is -4.07. The van der Waals surface area contributed by atoms with E-state index in [0.29, 0.717) is 25.2 Å². The van der Waals surface area contributed by atoms with Gasteiger partial charge in [0.1, 0.15) is 5.82 Å². The van der Waals surface area contributed by atoms with E-state index in [4.69, 9.17) is 0 Å². The predicted octanol–water partition coefficient (Wildman–Crippen LogP) is 5.98. The summed E-state index contributed by atoms with van der Waals surface area (Å²) in [7, 11) is 0. The number of likely N-dealkylation sites (tertiary alicyclic amines) is 1. The molecule has 45 heavy (non-hydrogen) atoms. The number of piperidine rings is 1. The SMILES string of the molecule is O=C(NC[C@H]1CCN(CC(c2ccccc2)c2ccccc2)C(=O)[C@@H](CCN2CCCCC2)N1)c1ccc2cc(F)ccc2c1. The van der Waals surface area contributed by atoms with Crippen molar-refractivity contribution in [3.05, 3.63) is 120 Å². The number of carbonyl (C=O) groups is 2. The summed E-state index contributed by atoms with van der Waals surface area (Å²) in [5.74, 6) is -0.263. The van der Waals surface area contributed by atoms with Crippen LogP contribution >= 0.6 is 0 Å². The van der Waals surface area contributed by atoms with Gasteiger partial charge in [-0.3, -0.25) is 9.59 Å². The Morgan fingerprint density at radius 1 is 0.844 bits per heavy atom.